The summed E-state index contributed by atoms with van der Waals surface area (Å²) in [4.78, 5) is 5.07. The molecule has 210 valence electrons. The van der Waals surface area contributed by atoms with E-state index >= 15 is 0 Å². The van der Waals surface area contributed by atoms with Crippen molar-refractivity contribution in [2.75, 3.05) is 0 Å². The predicted octanol–water partition coefficient (Wildman–Crippen LogP) is 11.5. The van der Waals surface area contributed by atoms with Gasteiger partial charge < -0.3 is 4.57 Å². The summed E-state index contributed by atoms with van der Waals surface area (Å²) in [5.74, 6) is 0. The Balaban J connectivity index is 1.24. The van der Waals surface area contributed by atoms with Crippen LogP contribution >= 0.6 is 0 Å². The van der Waals surface area contributed by atoms with Crippen molar-refractivity contribution in [3.8, 4) is 39.3 Å². The Bertz CT molecular complexity index is 2360. The van der Waals surface area contributed by atoms with E-state index < -0.39 is 0 Å². The second kappa shape index (κ2) is 10.3. The van der Waals surface area contributed by atoms with Crippen molar-refractivity contribution in [3.05, 3.63) is 170 Å². The standard InChI is InChI=1S/C43H28N2/c1-3-13-32(14-4-1)38-27-34(28-39(44-38)33-15-5-2-6-16-33)29-19-23-35(24-20-29)45-40-25-21-30-11-7-9-17-36(30)42(40)43-37-18-10-8-12-31(37)22-26-41(43)45/h1-28H. The number of pyridine rings is 1. The largest absolute Gasteiger partial charge is 0.309 e. The van der Waals surface area contributed by atoms with Crippen LogP contribution < -0.4 is 0 Å². The lowest BCUT2D eigenvalue weighted by Crippen LogP contribution is -1.94. The zero-order chi connectivity index (χ0) is 29.7. The molecule has 0 bridgehead atoms. The molecule has 2 heterocycles. The van der Waals surface area contributed by atoms with Gasteiger partial charge in [0, 0.05) is 27.6 Å². The zero-order valence-corrected chi connectivity index (χ0v) is 24.6. The third kappa shape index (κ3) is 4.22. The van der Waals surface area contributed by atoms with E-state index in [-0.39, 0.29) is 0 Å². The minimum atomic E-state index is 0.970. The van der Waals surface area contributed by atoms with Gasteiger partial charge >= 0.3 is 0 Å². The number of hydrogen-bond acceptors (Lipinski definition) is 1. The van der Waals surface area contributed by atoms with E-state index in [1.165, 1.54) is 43.4 Å². The molecule has 0 saturated carbocycles. The Morgan fingerprint density at radius 1 is 0.356 bits per heavy atom. The molecule has 0 aliphatic rings. The molecule has 0 N–H and O–H groups in total. The van der Waals surface area contributed by atoms with Gasteiger partial charge in [-0.25, -0.2) is 4.98 Å². The van der Waals surface area contributed by atoms with Crippen LogP contribution in [0.15, 0.2) is 170 Å². The van der Waals surface area contributed by atoms with Crippen LogP contribution in [0.1, 0.15) is 0 Å². The Kier molecular flexibility index (Phi) is 5.85. The second-order valence-corrected chi connectivity index (χ2v) is 11.6. The van der Waals surface area contributed by atoms with Crippen molar-refractivity contribution in [1.29, 1.82) is 0 Å². The zero-order valence-electron chi connectivity index (χ0n) is 24.6. The van der Waals surface area contributed by atoms with Crippen molar-refractivity contribution in [2.45, 2.75) is 0 Å². The third-order valence-corrected chi connectivity index (χ3v) is 8.97. The highest BCUT2D eigenvalue weighted by Gasteiger charge is 2.17. The average molecular weight is 573 g/mol. The molecule has 2 nitrogen and oxygen atoms in total. The molecule has 7 aromatic carbocycles. The number of rotatable bonds is 4. The molecule has 0 saturated heterocycles. The Hall–Kier alpha value is -5.99. The third-order valence-electron chi connectivity index (χ3n) is 8.97. The summed E-state index contributed by atoms with van der Waals surface area (Å²) in [6.45, 7) is 0. The first-order chi connectivity index (χ1) is 22.3. The van der Waals surface area contributed by atoms with Gasteiger partial charge in [0.15, 0.2) is 0 Å². The monoisotopic (exact) mass is 572 g/mol. The maximum Gasteiger partial charge on any atom is 0.0715 e. The van der Waals surface area contributed by atoms with Gasteiger partial charge in [0.05, 0.1) is 22.4 Å². The first-order valence-corrected chi connectivity index (χ1v) is 15.4. The lowest BCUT2D eigenvalue weighted by molar-refractivity contribution is 1.18. The maximum atomic E-state index is 5.07. The van der Waals surface area contributed by atoms with Gasteiger partial charge in [-0.1, -0.05) is 133 Å². The van der Waals surface area contributed by atoms with Gasteiger partial charge in [0.25, 0.3) is 0 Å². The number of fused-ring (bicyclic) bond motifs is 7. The highest BCUT2D eigenvalue weighted by Crippen LogP contribution is 2.41. The highest BCUT2D eigenvalue weighted by atomic mass is 15.0. The second-order valence-electron chi connectivity index (χ2n) is 11.6. The molecule has 2 heteroatoms. The Labute approximate surface area is 261 Å². The molecule has 45 heavy (non-hydrogen) atoms. The van der Waals surface area contributed by atoms with E-state index in [4.69, 9.17) is 4.98 Å². The molecule has 9 aromatic rings. The molecule has 9 rings (SSSR count). The van der Waals surface area contributed by atoms with E-state index in [1.807, 2.05) is 12.1 Å². The Morgan fingerprint density at radius 2 is 0.822 bits per heavy atom. The molecule has 0 atom stereocenters. The SMILES string of the molecule is c1ccc(-c2cc(-c3ccc(-n4c5ccc6ccccc6c5c5c6ccccc6ccc54)cc3)cc(-c3ccccc3)n2)cc1. The van der Waals surface area contributed by atoms with E-state index in [1.54, 1.807) is 0 Å². The van der Waals surface area contributed by atoms with Crippen molar-refractivity contribution >= 4 is 43.4 Å². The average Bonchev–Trinajstić information content (AvgIpc) is 3.48. The quantitative estimate of drug-likeness (QED) is 0.205. The van der Waals surface area contributed by atoms with Crippen LogP contribution in [0.4, 0.5) is 0 Å². The summed E-state index contributed by atoms with van der Waals surface area (Å²) in [7, 11) is 0. The summed E-state index contributed by atoms with van der Waals surface area (Å²) in [5, 5.41) is 7.69. The predicted molar refractivity (Wildman–Crippen MR) is 190 cm³/mol. The van der Waals surface area contributed by atoms with Crippen LogP contribution in [0.25, 0.3) is 82.7 Å². The molecular formula is C43H28N2. The summed E-state index contributed by atoms with van der Waals surface area (Å²) >= 11 is 0. The van der Waals surface area contributed by atoms with E-state index in [2.05, 4.69) is 162 Å². The van der Waals surface area contributed by atoms with Crippen molar-refractivity contribution in [2.24, 2.45) is 0 Å². The Morgan fingerprint density at radius 3 is 1.33 bits per heavy atom. The molecule has 0 aliphatic carbocycles. The van der Waals surface area contributed by atoms with Crippen LogP contribution in [0.5, 0.6) is 0 Å². The van der Waals surface area contributed by atoms with Crippen LogP contribution in [-0.4, -0.2) is 9.55 Å². The minimum Gasteiger partial charge on any atom is -0.309 e. The summed E-state index contributed by atoms with van der Waals surface area (Å²) in [5.41, 5.74) is 10.0. The number of benzene rings is 7. The molecule has 0 radical (unpaired) electrons. The maximum absolute atomic E-state index is 5.07. The first kappa shape index (κ1) is 25.5. The van der Waals surface area contributed by atoms with Gasteiger partial charge in [0.1, 0.15) is 0 Å². The molecule has 0 aliphatic heterocycles. The van der Waals surface area contributed by atoms with Crippen LogP contribution in [-0.2, 0) is 0 Å². The molecule has 0 unspecified atom stereocenters. The molecule has 0 amide bonds. The summed E-state index contributed by atoms with van der Waals surface area (Å²) < 4.78 is 2.42. The molecule has 0 fully saturated rings. The van der Waals surface area contributed by atoms with Gasteiger partial charge in [-0.2, -0.15) is 0 Å². The van der Waals surface area contributed by atoms with Crippen LogP contribution in [0.2, 0.25) is 0 Å². The first-order valence-electron chi connectivity index (χ1n) is 15.4. The minimum absolute atomic E-state index is 0.970. The lowest BCUT2D eigenvalue weighted by atomic mass is 10.00. The van der Waals surface area contributed by atoms with Gasteiger partial charge in [-0.3, -0.25) is 0 Å². The van der Waals surface area contributed by atoms with Gasteiger partial charge in [-0.15, -0.1) is 0 Å². The topological polar surface area (TPSA) is 17.8 Å². The lowest BCUT2D eigenvalue weighted by Gasteiger charge is -2.12. The summed E-state index contributed by atoms with van der Waals surface area (Å²) in [6.07, 6.45) is 0. The van der Waals surface area contributed by atoms with Gasteiger partial charge in [0.2, 0.25) is 0 Å². The number of aromatic nitrogens is 2. The van der Waals surface area contributed by atoms with Crippen LogP contribution in [0, 0.1) is 0 Å². The molecular weight excluding hydrogens is 544 g/mol. The fourth-order valence-corrected chi connectivity index (χ4v) is 6.84. The van der Waals surface area contributed by atoms with Gasteiger partial charge in [-0.05, 0) is 69.1 Å². The van der Waals surface area contributed by atoms with Crippen molar-refractivity contribution < 1.29 is 0 Å². The molecule has 0 spiro atoms. The number of nitrogens with zero attached hydrogens (tertiary/aromatic N) is 2. The van der Waals surface area contributed by atoms with E-state index in [0.29, 0.717) is 0 Å². The van der Waals surface area contributed by atoms with Crippen molar-refractivity contribution in [1.82, 2.24) is 9.55 Å². The number of hydrogen-bond donors (Lipinski definition) is 0. The fourth-order valence-electron chi connectivity index (χ4n) is 6.84. The van der Waals surface area contributed by atoms with Crippen LogP contribution in [0.3, 0.4) is 0 Å². The normalized spacial score (nSPS) is 11.6. The smallest absolute Gasteiger partial charge is 0.0715 e. The van der Waals surface area contributed by atoms with E-state index in [0.717, 1.165) is 39.3 Å². The van der Waals surface area contributed by atoms with E-state index in [9.17, 15) is 0 Å². The van der Waals surface area contributed by atoms with Crippen molar-refractivity contribution in [3.63, 3.8) is 0 Å². The highest BCUT2D eigenvalue weighted by molar-refractivity contribution is 6.28. The fraction of sp³-hybridized carbons (Fsp3) is 0. The molecule has 2 aromatic heterocycles. The summed E-state index contributed by atoms with van der Waals surface area (Å²) in [6, 6.07) is 60.8.